The van der Waals surface area contributed by atoms with Crippen molar-refractivity contribution in [1.29, 1.82) is 0 Å². The molecule has 3 amide bonds. The summed E-state index contributed by atoms with van der Waals surface area (Å²) in [5.41, 5.74) is 5.07. The summed E-state index contributed by atoms with van der Waals surface area (Å²) in [7, 11) is 0. The van der Waals surface area contributed by atoms with Crippen molar-refractivity contribution in [3.63, 3.8) is 0 Å². The highest BCUT2D eigenvalue weighted by Crippen LogP contribution is 2.13. The van der Waals surface area contributed by atoms with E-state index >= 15 is 0 Å². The summed E-state index contributed by atoms with van der Waals surface area (Å²) >= 11 is 0. The van der Waals surface area contributed by atoms with E-state index in [1.54, 1.807) is 4.90 Å². The van der Waals surface area contributed by atoms with E-state index < -0.39 is 5.91 Å². The van der Waals surface area contributed by atoms with Crippen LogP contribution < -0.4 is 11.1 Å². The van der Waals surface area contributed by atoms with Crippen molar-refractivity contribution < 1.29 is 23.9 Å². The van der Waals surface area contributed by atoms with Crippen LogP contribution in [-0.4, -0.2) is 67.7 Å². The second-order valence-corrected chi connectivity index (χ2v) is 5.59. The molecule has 2 saturated heterocycles. The summed E-state index contributed by atoms with van der Waals surface area (Å²) in [6.45, 7) is 1.86. The molecule has 0 spiro atoms. The molecule has 2 heterocycles. The molecule has 0 aliphatic carbocycles. The summed E-state index contributed by atoms with van der Waals surface area (Å²) in [5, 5.41) is 2.85. The van der Waals surface area contributed by atoms with Crippen molar-refractivity contribution in [1.82, 2.24) is 10.2 Å². The zero-order valence-corrected chi connectivity index (χ0v) is 12.6. The normalized spacial score (nSPS) is 25.3. The number of primary amides is 1. The lowest BCUT2D eigenvalue weighted by Gasteiger charge is -2.32. The van der Waals surface area contributed by atoms with Gasteiger partial charge >= 0.3 is 0 Å². The van der Waals surface area contributed by atoms with Gasteiger partial charge in [-0.3, -0.25) is 14.4 Å². The standard InChI is InChI=1S/C14H23N3O5/c15-12(18)9-22-11-4-7-21-8-10(11)16-13(19)3-6-17-5-1-2-14(17)20/h10-11H,1-9H2,(H2,15,18)(H,16,19)/t10-,11+/m0/s1. The van der Waals surface area contributed by atoms with Crippen molar-refractivity contribution in [3.05, 3.63) is 0 Å². The average Bonchev–Trinajstić information content (AvgIpc) is 2.89. The van der Waals surface area contributed by atoms with Gasteiger partial charge in [0.1, 0.15) is 6.61 Å². The van der Waals surface area contributed by atoms with Crippen molar-refractivity contribution >= 4 is 17.7 Å². The van der Waals surface area contributed by atoms with Crippen LogP contribution in [0.1, 0.15) is 25.7 Å². The topological polar surface area (TPSA) is 111 Å². The molecule has 0 aromatic carbocycles. The Morgan fingerprint density at radius 2 is 2.27 bits per heavy atom. The molecule has 0 unspecified atom stereocenters. The number of carbonyl (C=O) groups excluding carboxylic acids is 3. The van der Waals surface area contributed by atoms with Crippen LogP contribution in [0.4, 0.5) is 0 Å². The number of nitrogens with one attached hydrogen (secondary N) is 1. The van der Waals surface area contributed by atoms with E-state index in [1.807, 2.05) is 0 Å². The molecule has 2 aliphatic heterocycles. The molecule has 3 N–H and O–H groups in total. The number of ether oxygens (including phenoxy) is 2. The van der Waals surface area contributed by atoms with E-state index in [0.717, 1.165) is 13.0 Å². The van der Waals surface area contributed by atoms with E-state index in [4.69, 9.17) is 15.2 Å². The van der Waals surface area contributed by atoms with Gasteiger partial charge in [0.25, 0.3) is 0 Å². The van der Waals surface area contributed by atoms with Crippen LogP contribution in [0.25, 0.3) is 0 Å². The zero-order chi connectivity index (χ0) is 15.9. The molecule has 0 aromatic rings. The summed E-state index contributed by atoms with van der Waals surface area (Å²) in [5.74, 6) is -0.580. The summed E-state index contributed by atoms with van der Waals surface area (Å²) in [6.07, 6.45) is 2.01. The highest BCUT2D eigenvalue weighted by Gasteiger charge is 2.28. The third-order valence-corrected chi connectivity index (χ3v) is 3.86. The maximum absolute atomic E-state index is 12.0. The highest BCUT2D eigenvalue weighted by molar-refractivity contribution is 5.80. The second kappa shape index (κ2) is 8.09. The SMILES string of the molecule is NC(=O)CO[C@@H]1CCOC[C@@H]1NC(=O)CCN1CCCC1=O. The number of likely N-dealkylation sites (tertiary alicyclic amines) is 1. The number of hydrogen-bond acceptors (Lipinski definition) is 5. The Hall–Kier alpha value is -1.67. The van der Waals surface area contributed by atoms with Gasteiger partial charge in [0.2, 0.25) is 17.7 Å². The molecule has 124 valence electrons. The molecule has 2 atom stereocenters. The Balaban J connectivity index is 1.75. The van der Waals surface area contributed by atoms with Gasteiger partial charge in [0.15, 0.2) is 0 Å². The van der Waals surface area contributed by atoms with Crippen LogP contribution in [0.2, 0.25) is 0 Å². The number of amides is 3. The molecular weight excluding hydrogens is 290 g/mol. The maximum Gasteiger partial charge on any atom is 0.243 e. The molecule has 0 radical (unpaired) electrons. The minimum atomic E-state index is -0.538. The molecule has 2 fully saturated rings. The van der Waals surface area contributed by atoms with Crippen molar-refractivity contribution in [2.45, 2.75) is 37.8 Å². The fourth-order valence-corrected chi connectivity index (χ4v) is 2.70. The molecule has 22 heavy (non-hydrogen) atoms. The monoisotopic (exact) mass is 313 g/mol. The first kappa shape index (κ1) is 16.7. The molecule has 0 aromatic heterocycles. The Morgan fingerprint density at radius 1 is 1.45 bits per heavy atom. The van der Waals surface area contributed by atoms with Gasteiger partial charge in [-0.25, -0.2) is 0 Å². The van der Waals surface area contributed by atoms with Gasteiger partial charge in [-0.2, -0.15) is 0 Å². The van der Waals surface area contributed by atoms with E-state index in [-0.39, 0.29) is 37.0 Å². The Kier molecular flexibility index (Phi) is 6.14. The van der Waals surface area contributed by atoms with Crippen LogP contribution in [0.3, 0.4) is 0 Å². The van der Waals surface area contributed by atoms with Crippen LogP contribution in [0.15, 0.2) is 0 Å². The van der Waals surface area contributed by atoms with Gasteiger partial charge in [-0.1, -0.05) is 0 Å². The largest absolute Gasteiger partial charge is 0.379 e. The van der Waals surface area contributed by atoms with E-state index in [9.17, 15) is 14.4 Å². The molecule has 8 nitrogen and oxygen atoms in total. The number of rotatable bonds is 7. The van der Waals surface area contributed by atoms with Crippen LogP contribution in [-0.2, 0) is 23.9 Å². The van der Waals surface area contributed by atoms with Crippen LogP contribution in [0, 0.1) is 0 Å². The molecule has 0 saturated carbocycles. The van der Waals surface area contributed by atoms with Gasteiger partial charge in [0.05, 0.1) is 18.8 Å². The smallest absolute Gasteiger partial charge is 0.243 e. The Labute approximate surface area is 129 Å². The summed E-state index contributed by atoms with van der Waals surface area (Å²) in [4.78, 5) is 36.0. The summed E-state index contributed by atoms with van der Waals surface area (Å²) in [6, 6.07) is -0.296. The van der Waals surface area contributed by atoms with E-state index in [1.165, 1.54) is 0 Å². The van der Waals surface area contributed by atoms with Gasteiger partial charge in [-0.05, 0) is 12.8 Å². The zero-order valence-electron chi connectivity index (χ0n) is 12.6. The predicted octanol–water partition coefficient (Wildman–Crippen LogP) is -1.23. The summed E-state index contributed by atoms with van der Waals surface area (Å²) < 4.78 is 10.8. The molecule has 8 heteroatoms. The average molecular weight is 313 g/mol. The number of carbonyl (C=O) groups is 3. The molecule has 2 rings (SSSR count). The molecule has 2 aliphatic rings. The highest BCUT2D eigenvalue weighted by atomic mass is 16.5. The number of nitrogens with zero attached hydrogens (tertiary/aromatic N) is 1. The van der Waals surface area contributed by atoms with Crippen LogP contribution in [0.5, 0.6) is 0 Å². The predicted molar refractivity (Wildman–Crippen MR) is 76.7 cm³/mol. The Morgan fingerprint density at radius 3 is 2.95 bits per heavy atom. The van der Waals surface area contributed by atoms with Gasteiger partial charge in [-0.15, -0.1) is 0 Å². The first-order chi connectivity index (χ1) is 10.6. The lowest BCUT2D eigenvalue weighted by molar-refractivity contribution is -0.131. The van der Waals surface area contributed by atoms with Gasteiger partial charge in [0, 0.05) is 32.5 Å². The molecular formula is C14H23N3O5. The fraction of sp³-hybridized carbons (Fsp3) is 0.786. The minimum Gasteiger partial charge on any atom is -0.379 e. The minimum absolute atomic E-state index is 0.108. The van der Waals surface area contributed by atoms with E-state index in [2.05, 4.69) is 5.32 Å². The lowest BCUT2D eigenvalue weighted by Crippen LogP contribution is -2.51. The third-order valence-electron chi connectivity index (χ3n) is 3.86. The third kappa shape index (κ3) is 4.96. The second-order valence-electron chi connectivity index (χ2n) is 5.59. The molecule has 0 bridgehead atoms. The first-order valence-corrected chi connectivity index (χ1v) is 7.61. The lowest BCUT2D eigenvalue weighted by atomic mass is 10.1. The van der Waals surface area contributed by atoms with E-state index in [0.29, 0.717) is 32.6 Å². The van der Waals surface area contributed by atoms with Gasteiger partial charge < -0.3 is 25.4 Å². The van der Waals surface area contributed by atoms with Crippen molar-refractivity contribution in [2.75, 3.05) is 32.9 Å². The maximum atomic E-state index is 12.0. The number of nitrogens with two attached hydrogens (primary N) is 1. The Bertz CT molecular complexity index is 429. The number of hydrogen-bond donors (Lipinski definition) is 2. The first-order valence-electron chi connectivity index (χ1n) is 7.61. The van der Waals surface area contributed by atoms with Crippen molar-refractivity contribution in [2.24, 2.45) is 5.73 Å². The van der Waals surface area contributed by atoms with Crippen molar-refractivity contribution in [3.8, 4) is 0 Å². The van der Waals surface area contributed by atoms with Crippen LogP contribution >= 0.6 is 0 Å². The fourth-order valence-electron chi connectivity index (χ4n) is 2.70. The quantitative estimate of drug-likeness (QED) is 0.612.